The third kappa shape index (κ3) is 7.94. The molecule has 0 heterocycles. The van der Waals surface area contributed by atoms with Crippen molar-refractivity contribution in [3.63, 3.8) is 0 Å². The maximum Gasteiger partial charge on any atom is 0.189 e. The van der Waals surface area contributed by atoms with Crippen molar-refractivity contribution >= 4 is 29.9 Å². The molecule has 0 unspecified atom stereocenters. The average molecular weight is 361 g/mol. The fraction of sp³-hybridized carbons (Fsp3) is 0.308. The topological polar surface area (TPSA) is 59.6 Å². The number of para-hydroxylation sites is 1. The van der Waals surface area contributed by atoms with Gasteiger partial charge in [-0.15, -0.1) is 24.0 Å². The van der Waals surface area contributed by atoms with Crippen molar-refractivity contribution in [1.29, 1.82) is 0 Å². The summed E-state index contributed by atoms with van der Waals surface area (Å²) in [6, 6.07) is 9.65. The van der Waals surface area contributed by atoms with E-state index in [1.165, 1.54) is 0 Å². The molecule has 0 aliphatic carbocycles. The van der Waals surface area contributed by atoms with E-state index >= 15 is 0 Å². The maximum atomic E-state index is 5.64. The van der Waals surface area contributed by atoms with Crippen LogP contribution >= 0.6 is 24.0 Å². The number of hydrogen-bond donors (Lipinski definition) is 2. The minimum Gasteiger partial charge on any atom is -0.492 e. The van der Waals surface area contributed by atoms with Gasteiger partial charge >= 0.3 is 0 Å². The zero-order valence-corrected chi connectivity index (χ0v) is 12.9. The van der Waals surface area contributed by atoms with Crippen LogP contribution in [0.4, 0.5) is 0 Å². The highest BCUT2D eigenvalue weighted by atomic mass is 127. The fourth-order valence-electron chi connectivity index (χ4n) is 1.14. The molecule has 18 heavy (non-hydrogen) atoms. The summed E-state index contributed by atoms with van der Waals surface area (Å²) < 4.78 is 5.49. The first kappa shape index (κ1) is 16.8. The van der Waals surface area contributed by atoms with Crippen LogP contribution in [-0.2, 0) is 0 Å². The SMILES string of the molecule is C=C(C)CN=C(N)NCCOc1ccccc1.I. The summed E-state index contributed by atoms with van der Waals surface area (Å²) >= 11 is 0. The molecule has 0 saturated heterocycles. The smallest absolute Gasteiger partial charge is 0.189 e. The quantitative estimate of drug-likeness (QED) is 0.268. The van der Waals surface area contributed by atoms with E-state index in [0.717, 1.165) is 11.3 Å². The van der Waals surface area contributed by atoms with Gasteiger partial charge < -0.3 is 15.8 Å². The molecule has 0 aromatic heterocycles. The van der Waals surface area contributed by atoms with Gasteiger partial charge in [-0.25, -0.2) is 4.99 Å². The lowest BCUT2D eigenvalue weighted by Gasteiger charge is -2.07. The summed E-state index contributed by atoms with van der Waals surface area (Å²) in [5.74, 6) is 1.27. The van der Waals surface area contributed by atoms with Crippen molar-refractivity contribution in [3.8, 4) is 5.75 Å². The summed E-state index contributed by atoms with van der Waals surface area (Å²) in [6.45, 7) is 7.39. The number of hydrogen-bond acceptors (Lipinski definition) is 2. The fourth-order valence-corrected chi connectivity index (χ4v) is 1.14. The van der Waals surface area contributed by atoms with E-state index in [2.05, 4.69) is 16.9 Å². The lowest BCUT2D eigenvalue weighted by atomic mass is 10.3. The standard InChI is InChI=1S/C13H19N3O.HI/c1-11(2)10-16-13(14)15-8-9-17-12-6-4-3-5-7-12;/h3-7H,1,8-10H2,2H3,(H3,14,15,16);1H. The predicted octanol–water partition coefficient (Wildman–Crippen LogP) is 2.16. The number of nitrogens with one attached hydrogen (secondary N) is 1. The highest BCUT2D eigenvalue weighted by molar-refractivity contribution is 14.0. The Balaban J connectivity index is 0.00000289. The van der Waals surface area contributed by atoms with E-state index in [9.17, 15) is 0 Å². The molecule has 0 fully saturated rings. The summed E-state index contributed by atoms with van der Waals surface area (Å²) in [4.78, 5) is 4.10. The number of benzene rings is 1. The lowest BCUT2D eigenvalue weighted by Crippen LogP contribution is -2.34. The second-order valence-corrected chi connectivity index (χ2v) is 3.75. The Labute approximate surface area is 125 Å². The van der Waals surface area contributed by atoms with E-state index in [1.807, 2.05) is 37.3 Å². The van der Waals surface area contributed by atoms with E-state index in [1.54, 1.807) is 0 Å². The number of aliphatic imine (C=N–C) groups is 1. The molecule has 0 aliphatic rings. The Morgan fingerprint density at radius 2 is 2.06 bits per heavy atom. The monoisotopic (exact) mass is 361 g/mol. The van der Waals surface area contributed by atoms with Gasteiger partial charge in [0.15, 0.2) is 5.96 Å². The Morgan fingerprint density at radius 1 is 1.39 bits per heavy atom. The maximum absolute atomic E-state index is 5.64. The van der Waals surface area contributed by atoms with E-state index in [4.69, 9.17) is 10.5 Å². The van der Waals surface area contributed by atoms with Crippen molar-refractivity contribution in [3.05, 3.63) is 42.5 Å². The van der Waals surface area contributed by atoms with E-state index in [-0.39, 0.29) is 24.0 Å². The minimum atomic E-state index is 0. The highest BCUT2D eigenvalue weighted by Gasteiger charge is 1.93. The van der Waals surface area contributed by atoms with Crippen LogP contribution in [0, 0.1) is 0 Å². The Hall–Kier alpha value is -1.24. The van der Waals surface area contributed by atoms with Crippen molar-refractivity contribution in [2.24, 2.45) is 10.7 Å². The molecule has 0 bridgehead atoms. The molecule has 0 aliphatic heterocycles. The van der Waals surface area contributed by atoms with Crippen molar-refractivity contribution < 1.29 is 4.74 Å². The summed E-state index contributed by atoms with van der Waals surface area (Å²) in [5, 5.41) is 2.97. The summed E-state index contributed by atoms with van der Waals surface area (Å²) in [5.41, 5.74) is 6.63. The van der Waals surface area contributed by atoms with Crippen molar-refractivity contribution in [2.75, 3.05) is 19.7 Å². The molecule has 5 heteroatoms. The first-order valence-corrected chi connectivity index (χ1v) is 5.54. The Bertz CT molecular complexity index is 379. The van der Waals surface area contributed by atoms with Crippen molar-refractivity contribution in [2.45, 2.75) is 6.92 Å². The van der Waals surface area contributed by atoms with Gasteiger partial charge in [0.25, 0.3) is 0 Å². The molecule has 0 atom stereocenters. The van der Waals surface area contributed by atoms with Gasteiger partial charge in [0.05, 0.1) is 13.1 Å². The number of guanidine groups is 1. The first-order chi connectivity index (χ1) is 8.18. The predicted molar refractivity (Wildman–Crippen MR) is 86.7 cm³/mol. The summed E-state index contributed by atoms with van der Waals surface area (Å²) in [7, 11) is 0. The number of nitrogens with two attached hydrogens (primary N) is 1. The number of halogens is 1. The van der Waals surface area contributed by atoms with Crippen LogP contribution in [0.25, 0.3) is 0 Å². The second kappa shape index (κ2) is 9.76. The molecule has 1 aromatic rings. The number of rotatable bonds is 6. The molecule has 1 rings (SSSR count). The van der Waals surface area contributed by atoms with E-state index < -0.39 is 0 Å². The van der Waals surface area contributed by atoms with Gasteiger partial charge in [0.2, 0.25) is 0 Å². The van der Waals surface area contributed by atoms with Crippen LogP contribution in [0.3, 0.4) is 0 Å². The Morgan fingerprint density at radius 3 is 2.67 bits per heavy atom. The average Bonchev–Trinajstić information content (AvgIpc) is 2.33. The van der Waals surface area contributed by atoms with Crippen LogP contribution in [0.2, 0.25) is 0 Å². The van der Waals surface area contributed by atoms with Gasteiger partial charge in [-0.05, 0) is 19.1 Å². The van der Waals surface area contributed by atoms with E-state index in [0.29, 0.717) is 25.7 Å². The molecular weight excluding hydrogens is 341 g/mol. The largest absolute Gasteiger partial charge is 0.492 e. The van der Waals surface area contributed by atoms with Gasteiger partial charge in [-0.1, -0.05) is 30.4 Å². The molecular formula is C13H20IN3O. The molecule has 0 spiro atoms. The molecule has 100 valence electrons. The van der Waals surface area contributed by atoms with Crippen LogP contribution in [0.15, 0.2) is 47.5 Å². The number of nitrogens with zero attached hydrogens (tertiary/aromatic N) is 1. The third-order valence-corrected chi connectivity index (χ3v) is 1.94. The number of ether oxygens (including phenoxy) is 1. The highest BCUT2D eigenvalue weighted by Crippen LogP contribution is 2.07. The molecule has 1 aromatic carbocycles. The van der Waals surface area contributed by atoms with Crippen LogP contribution in [-0.4, -0.2) is 25.7 Å². The third-order valence-electron chi connectivity index (χ3n) is 1.94. The zero-order chi connectivity index (χ0) is 12.5. The molecule has 0 radical (unpaired) electrons. The second-order valence-electron chi connectivity index (χ2n) is 3.75. The molecule has 0 saturated carbocycles. The summed E-state index contributed by atoms with van der Waals surface area (Å²) in [6.07, 6.45) is 0. The van der Waals surface area contributed by atoms with Crippen LogP contribution in [0.1, 0.15) is 6.92 Å². The van der Waals surface area contributed by atoms with Crippen molar-refractivity contribution in [1.82, 2.24) is 5.32 Å². The van der Waals surface area contributed by atoms with Crippen LogP contribution < -0.4 is 15.8 Å². The van der Waals surface area contributed by atoms with Gasteiger partial charge in [-0.2, -0.15) is 0 Å². The molecule has 3 N–H and O–H groups in total. The van der Waals surface area contributed by atoms with Gasteiger partial charge in [0.1, 0.15) is 12.4 Å². The minimum absolute atomic E-state index is 0. The van der Waals surface area contributed by atoms with Gasteiger partial charge in [0, 0.05) is 0 Å². The Kier molecular flexibility index (Phi) is 9.08. The zero-order valence-electron chi connectivity index (χ0n) is 10.6. The van der Waals surface area contributed by atoms with Crippen LogP contribution in [0.5, 0.6) is 5.75 Å². The molecule has 4 nitrogen and oxygen atoms in total. The lowest BCUT2D eigenvalue weighted by molar-refractivity contribution is 0.322. The normalized spacial score (nSPS) is 10.4. The van der Waals surface area contributed by atoms with Gasteiger partial charge in [-0.3, -0.25) is 0 Å². The first-order valence-electron chi connectivity index (χ1n) is 5.54. The molecule has 0 amide bonds.